The number of aromatic nitrogens is 2. The molecule has 0 aliphatic heterocycles. The quantitative estimate of drug-likeness (QED) is 0.233. The molecule has 0 spiro atoms. The van der Waals surface area contributed by atoms with Crippen molar-refractivity contribution in [2.24, 2.45) is 12.8 Å². The molecule has 1 aromatic rings. The fourth-order valence-electron chi connectivity index (χ4n) is 2.72. The van der Waals surface area contributed by atoms with Gasteiger partial charge in [0.2, 0.25) is 0 Å². The third kappa shape index (κ3) is 11.4. The van der Waals surface area contributed by atoms with E-state index in [1.54, 1.807) is 18.4 Å². The number of nitriles is 1. The third-order valence-corrected chi connectivity index (χ3v) is 4.41. The number of nitrogens with two attached hydrogens (primary N) is 1. The van der Waals surface area contributed by atoms with E-state index >= 15 is 0 Å². The highest BCUT2D eigenvalue weighted by molar-refractivity contribution is 5.82. The van der Waals surface area contributed by atoms with Gasteiger partial charge < -0.3 is 15.6 Å². The van der Waals surface area contributed by atoms with Gasteiger partial charge in [-0.15, -0.1) is 0 Å². The van der Waals surface area contributed by atoms with E-state index in [2.05, 4.69) is 43.4 Å². The topological polar surface area (TPSA) is 79.7 Å². The number of nitrogens with one attached hydrogen (secondary N) is 1. The molecule has 0 amide bonds. The van der Waals surface area contributed by atoms with E-state index in [9.17, 15) is 5.26 Å². The summed E-state index contributed by atoms with van der Waals surface area (Å²) in [5, 5.41) is 12.3. The summed E-state index contributed by atoms with van der Waals surface area (Å²) in [6, 6.07) is 2.17. The lowest BCUT2D eigenvalue weighted by molar-refractivity contribution is 0.702. The molecule has 0 aliphatic rings. The van der Waals surface area contributed by atoms with Crippen molar-refractivity contribution in [2.45, 2.75) is 80.7 Å². The Morgan fingerprint density at radius 3 is 2.16 bits per heavy atom. The molecule has 178 valence electrons. The van der Waals surface area contributed by atoms with E-state index < -0.39 is 0 Å². The minimum Gasteiger partial charge on any atom is -0.401 e. The summed E-state index contributed by atoms with van der Waals surface area (Å²) < 4.78 is 1.98. The number of rotatable bonds is 10. The van der Waals surface area contributed by atoms with Gasteiger partial charge in [-0.2, -0.15) is 5.26 Å². The van der Waals surface area contributed by atoms with Gasteiger partial charge >= 0.3 is 0 Å². The molecule has 1 aromatic heterocycles. The van der Waals surface area contributed by atoms with Crippen LogP contribution in [-0.2, 0) is 13.6 Å². The molecule has 32 heavy (non-hydrogen) atoms. The number of unbranched alkanes of at least 4 members (excludes halogenated alkanes) is 3. The van der Waals surface area contributed by atoms with Crippen LogP contribution in [0.3, 0.4) is 0 Å². The van der Waals surface area contributed by atoms with Crippen molar-refractivity contribution >= 4 is 11.6 Å². The molecule has 0 radical (unpaired) electrons. The molecule has 1 heterocycles. The smallest absolute Gasteiger partial charge is 0.128 e. The van der Waals surface area contributed by atoms with Crippen LogP contribution in [0.25, 0.3) is 11.6 Å². The summed E-state index contributed by atoms with van der Waals surface area (Å²) in [4.78, 5) is 4.62. The zero-order valence-electron chi connectivity index (χ0n) is 21.7. The van der Waals surface area contributed by atoms with E-state index in [0.29, 0.717) is 17.8 Å². The van der Waals surface area contributed by atoms with Crippen LogP contribution >= 0.6 is 0 Å². The number of hydrogen-bond acceptors (Lipinski definition) is 4. The van der Waals surface area contributed by atoms with Gasteiger partial charge in [0.15, 0.2) is 0 Å². The van der Waals surface area contributed by atoms with Gasteiger partial charge in [0.25, 0.3) is 0 Å². The van der Waals surface area contributed by atoms with Gasteiger partial charge in [0.1, 0.15) is 5.82 Å². The first kappa shape index (κ1) is 31.2. The summed E-state index contributed by atoms with van der Waals surface area (Å²) in [6.07, 6.45) is 12.6. The largest absolute Gasteiger partial charge is 0.401 e. The maximum absolute atomic E-state index is 9.21. The average molecular weight is 440 g/mol. The fourth-order valence-corrected chi connectivity index (χ4v) is 2.72. The van der Waals surface area contributed by atoms with Crippen LogP contribution in [0, 0.1) is 11.3 Å². The summed E-state index contributed by atoms with van der Waals surface area (Å²) in [5.74, 6) is 0.837. The van der Waals surface area contributed by atoms with Crippen LogP contribution in [0.4, 0.5) is 0 Å². The zero-order chi connectivity index (χ0) is 25.1. The minimum absolute atomic E-state index is 0.532. The lowest BCUT2D eigenvalue weighted by Crippen LogP contribution is -2.12. The van der Waals surface area contributed by atoms with Gasteiger partial charge in [-0.25, -0.2) is 4.98 Å². The lowest BCUT2D eigenvalue weighted by Gasteiger charge is -2.11. The monoisotopic (exact) mass is 439 g/mol. The summed E-state index contributed by atoms with van der Waals surface area (Å²) >= 11 is 0. The van der Waals surface area contributed by atoms with Crippen molar-refractivity contribution in [3.05, 3.63) is 65.6 Å². The summed E-state index contributed by atoms with van der Waals surface area (Å²) in [5.41, 5.74) is 10.3. The van der Waals surface area contributed by atoms with Crippen molar-refractivity contribution in [1.29, 1.82) is 5.26 Å². The van der Waals surface area contributed by atoms with Crippen molar-refractivity contribution < 1.29 is 0 Å². The van der Waals surface area contributed by atoms with Crippen LogP contribution in [0.5, 0.6) is 0 Å². The molecule has 0 saturated heterocycles. The van der Waals surface area contributed by atoms with Crippen LogP contribution in [-0.4, -0.2) is 9.55 Å². The van der Waals surface area contributed by atoms with Crippen LogP contribution in [0.1, 0.15) is 91.4 Å². The van der Waals surface area contributed by atoms with Gasteiger partial charge in [-0.1, -0.05) is 72.6 Å². The molecule has 0 saturated carbocycles. The van der Waals surface area contributed by atoms with E-state index in [-0.39, 0.29) is 0 Å². The Balaban J connectivity index is 0. The van der Waals surface area contributed by atoms with E-state index in [0.717, 1.165) is 28.4 Å². The van der Waals surface area contributed by atoms with Crippen LogP contribution < -0.4 is 11.1 Å². The van der Waals surface area contributed by atoms with Crippen LogP contribution in [0.15, 0.2) is 48.4 Å². The van der Waals surface area contributed by atoms with E-state index in [4.69, 9.17) is 5.73 Å². The summed E-state index contributed by atoms with van der Waals surface area (Å²) in [6.45, 7) is 22.4. The standard InChI is InChI=1S/C19H25N5.C6H14.C2H6/c1-7-15(10-20)9-16(13(3)4)19-17(8-2)23-18(24(19)6)12-22-11-14(5)21;1-3-5-6-4-2;1-2/h7-9,11,22H,2-3,12,21H2,1,4-6H3;3-6H2,1-2H3;1-2H3/b14-11-,15-7+,16-9+;;. The molecule has 0 aliphatic carbocycles. The van der Waals surface area contributed by atoms with Crippen LogP contribution in [0.2, 0.25) is 0 Å². The number of hydrogen-bond donors (Lipinski definition) is 2. The molecule has 1 rings (SSSR count). The zero-order valence-corrected chi connectivity index (χ0v) is 21.7. The second kappa shape index (κ2) is 18.7. The Labute approximate surface area is 197 Å². The van der Waals surface area contributed by atoms with Gasteiger partial charge in [-0.3, -0.25) is 0 Å². The fraction of sp³-hybridized carbons (Fsp3) is 0.481. The van der Waals surface area contributed by atoms with E-state index in [1.807, 2.05) is 52.3 Å². The average Bonchev–Trinajstić information content (AvgIpc) is 3.09. The lowest BCUT2D eigenvalue weighted by atomic mass is 10.0. The molecule has 0 fully saturated rings. The Hall–Kier alpha value is -3.00. The normalized spacial score (nSPS) is 11.4. The molecule has 0 bridgehead atoms. The number of nitrogens with zero attached hydrogens (tertiary/aromatic N) is 3. The van der Waals surface area contributed by atoms with Crippen molar-refractivity contribution in [2.75, 3.05) is 0 Å². The molecule has 3 N–H and O–H groups in total. The third-order valence-electron chi connectivity index (χ3n) is 4.41. The number of imidazole rings is 1. The SMILES string of the molecule is C=Cc1nc(CN/C=C(/C)N)n(C)c1/C(=C/C(C#N)=C\C)C(=C)C.CC.CCCCCC. The molecule has 5 heteroatoms. The van der Waals surface area contributed by atoms with Gasteiger partial charge in [0, 0.05) is 30.1 Å². The minimum atomic E-state index is 0.532. The predicted octanol–water partition coefficient (Wildman–Crippen LogP) is 7.01. The second-order valence-corrected chi connectivity index (χ2v) is 7.20. The highest BCUT2D eigenvalue weighted by atomic mass is 15.1. The molecular weight excluding hydrogens is 394 g/mol. The second-order valence-electron chi connectivity index (χ2n) is 7.20. The Morgan fingerprint density at radius 1 is 1.22 bits per heavy atom. The number of allylic oxidation sites excluding steroid dienone is 6. The predicted molar refractivity (Wildman–Crippen MR) is 141 cm³/mol. The van der Waals surface area contributed by atoms with E-state index in [1.165, 1.54) is 25.7 Å². The van der Waals surface area contributed by atoms with Crippen molar-refractivity contribution in [3.63, 3.8) is 0 Å². The molecule has 0 aromatic carbocycles. The first-order chi connectivity index (χ1) is 15.3. The maximum Gasteiger partial charge on any atom is 0.128 e. The molecule has 5 nitrogen and oxygen atoms in total. The Morgan fingerprint density at radius 2 is 1.78 bits per heavy atom. The van der Waals surface area contributed by atoms with Crippen molar-refractivity contribution in [1.82, 2.24) is 14.9 Å². The highest BCUT2D eigenvalue weighted by Gasteiger charge is 2.17. The first-order valence-electron chi connectivity index (χ1n) is 11.5. The molecule has 0 atom stereocenters. The highest BCUT2D eigenvalue weighted by Crippen LogP contribution is 2.28. The van der Waals surface area contributed by atoms with Gasteiger partial charge in [0.05, 0.1) is 24.0 Å². The molecular formula is C27H45N5. The summed E-state index contributed by atoms with van der Waals surface area (Å²) in [7, 11) is 1.93. The molecule has 0 unspecified atom stereocenters. The Bertz CT molecular complexity index is 821. The first-order valence-corrected chi connectivity index (χ1v) is 11.5. The van der Waals surface area contributed by atoms with Crippen molar-refractivity contribution in [3.8, 4) is 6.07 Å². The Kier molecular flexibility index (Phi) is 18.3. The van der Waals surface area contributed by atoms with Gasteiger partial charge in [-0.05, 0) is 38.5 Å². The maximum atomic E-state index is 9.21.